The van der Waals surface area contributed by atoms with Gasteiger partial charge >= 0.3 is 0 Å². The maximum atomic E-state index is 11.9. The summed E-state index contributed by atoms with van der Waals surface area (Å²) in [4.78, 5) is 13.8. The third-order valence-corrected chi connectivity index (χ3v) is 8.20. The molecule has 1 saturated heterocycles. The van der Waals surface area contributed by atoms with Crippen LogP contribution in [0.4, 0.5) is 0 Å². The second kappa shape index (κ2) is 5.50. The van der Waals surface area contributed by atoms with Crippen molar-refractivity contribution in [3.63, 3.8) is 0 Å². The van der Waals surface area contributed by atoms with Crippen molar-refractivity contribution in [2.45, 2.75) is 38.9 Å². The fraction of sp³-hybridized carbons (Fsp3) is 0.917. The van der Waals surface area contributed by atoms with Gasteiger partial charge in [0.25, 0.3) is 0 Å². The molecule has 0 aliphatic carbocycles. The molecule has 0 N–H and O–H groups in total. The quantitative estimate of drug-likeness (QED) is 0.726. The predicted octanol–water partition coefficient (Wildman–Crippen LogP) is 1.87. The van der Waals surface area contributed by atoms with Crippen molar-refractivity contribution >= 4 is 14.2 Å². The van der Waals surface area contributed by atoms with E-state index in [1.165, 1.54) is 0 Å². The van der Waals surface area contributed by atoms with Gasteiger partial charge in [-0.05, 0) is 18.1 Å². The molecule has 1 rings (SSSR count). The Morgan fingerprint density at radius 1 is 1.29 bits per heavy atom. The van der Waals surface area contributed by atoms with Gasteiger partial charge in [0.1, 0.15) is 6.61 Å². The van der Waals surface area contributed by atoms with Gasteiger partial charge in [0.05, 0.1) is 13.2 Å². The molecule has 1 heterocycles. The van der Waals surface area contributed by atoms with Crippen molar-refractivity contribution in [1.29, 1.82) is 0 Å². The van der Waals surface area contributed by atoms with E-state index in [0.29, 0.717) is 26.3 Å². The van der Waals surface area contributed by atoms with E-state index in [1.807, 2.05) is 4.90 Å². The SMILES string of the molecule is CC(C)(C)[Si](C)(C)OCC(=O)N1CCOCC1. The monoisotopic (exact) mass is 259 g/mol. The van der Waals surface area contributed by atoms with Gasteiger partial charge in [0.2, 0.25) is 5.91 Å². The molecular weight excluding hydrogens is 234 g/mol. The van der Waals surface area contributed by atoms with Crippen LogP contribution in [0.15, 0.2) is 0 Å². The third kappa shape index (κ3) is 4.08. The molecule has 17 heavy (non-hydrogen) atoms. The topological polar surface area (TPSA) is 38.8 Å². The highest BCUT2D eigenvalue weighted by Gasteiger charge is 2.37. The minimum absolute atomic E-state index is 0.0955. The molecular formula is C12H25NO3Si. The van der Waals surface area contributed by atoms with Crippen LogP contribution in [-0.4, -0.2) is 52.0 Å². The summed E-state index contributed by atoms with van der Waals surface area (Å²) in [7, 11) is -1.81. The first-order valence-corrected chi connectivity index (χ1v) is 9.14. The average molecular weight is 259 g/mol. The van der Waals surface area contributed by atoms with Crippen LogP contribution in [0.2, 0.25) is 18.1 Å². The second-order valence-corrected chi connectivity index (χ2v) is 10.9. The van der Waals surface area contributed by atoms with Crippen LogP contribution in [0.5, 0.6) is 0 Å². The van der Waals surface area contributed by atoms with Crippen molar-refractivity contribution in [3.05, 3.63) is 0 Å². The normalized spacial score (nSPS) is 18.3. The lowest BCUT2D eigenvalue weighted by molar-refractivity contribution is -0.137. The molecule has 0 spiro atoms. The Hall–Kier alpha value is -0.393. The molecule has 0 aromatic heterocycles. The molecule has 1 aliphatic heterocycles. The average Bonchev–Trinajstić information content (AvgIpc) is 2.25. The molecule has 1 amide bonds. The number of hydrogen-bond donors (Lipinski definition) is 0. The highest BCUT2D eigenvalue weighted by Crippen LogP contribution is 2.36. The van der Waals surface area contributed by atoms with Crippen LogP contribution in [0, 0.1) is 0 Å². The summed E-state index contributed by atoms with van der Waals surface area (Å²) in [5.41, 5.74) is 0. The van der Waals surface area contributed by atoms with E-state index in [-0.39, 0.29) is 17.6 Å². The van der Waals surface area contributed by atoms with Gasteiger partial charge in [0, 0.05) is 13.1 Å². The van der Waals surface area contributed by atoms with Crippen LogP contribution >= 0.6 is 0 Å². The summed E-state index contributed by atoms with van der Waals surface area (Å²) >= 11 is 0. The smallest absolute Gasteiger partial charge is 0.247 e. The van der Waals surface area contributed by atoms with Crippen LogP contribution in [0.3, 0.4) is 0 Å². The number of carbonyl (C=O) groups excluding carboxylic acids is 1. The van der Waals surface area contributed by atoms with Crippen LogP contribution < -0.4 is 0 Å². The van der Waals surface area contributed by atoms with Gasteiger partial charge in [0.15, 0.2) is 8.32 Å². The standard InChI is InChI=1S/C12H25NO3Si/c1-12(2,3)17(4,5)16-10-11(14)13-6-8-15-9-7-13/h6-10H2,1-5H3. The lowest BCUT2D eigenvalue weighted by Crippen LogP contribution is -2.47. The summed E-state index contributed by atoms with van der Waals surface area (Å²) < 4.78 is 11.1. The molecule has 4 nitrogen and oxygen atoms in total. The Bertz CT molecular complexity index is 267. The first-order chi connectivity index (χ1) is 7.74. The van der Waals surface area contributed by atoms with E-state index in [2.05, 4.69) is 33.9 Å². The Morgan fingerprint density at radius 3 is 2.29 bits per heavy atom. The fourth-order valence-corrected chi connectivity index (χ4v) is 2.28. The molecule has 1 fully saturated rings. The van der Waals surface area contributed by atoms with Crippen molar-refractivity contribution in [1.82, 2.24) is 4.90 Å². The van der Waals surface area contributed by atoms with Crippen molar-refractivity contribution in [2.24, 2.45) is 0 Å². The summed E-state index contributed by atoms with van der Waals surface area (Å²) in [6, 6.07) is 0. The van der Waals surface area contributed by atoms with E-state index >= 15 is 0 Å². The van der Waals surface area contributed by atoms with Gasteiger partial charge < -0.3 is 14.1 Å². The predicted molar refractivity (Wildman–Crippen MR) is 70.5 cm³/mol. The maximum absolute atomic E-state index is 11.9. The van der Waals surface area contributed by atoms with Gasteiger partial charge in [-0.15, -0.1) is 0 Å². The van der Waals surface area contributed by atoms with E-state index in [1.54, 1.807) is 0 Å². The molecule has 100 valence electrons. The highest BCUT2D eigenvalue weighted by molar-refractivity contribution is 6.74. The highest BCUT2D eigenvalue weighted by atomic mass is 28.4. The minimum atomic E-state index is -1.81. The number of morpholine rings is 1. The molecule has 0 bridgehead atoms. The van der Waals surface area contributed by atoms with Gasteiger partial charge in [-0.3, -0.25) is 4.79 Å². The van der Waals surface area contributed by atoms with Gasteiger partial charge in [-0.25, -0.2) is 0 Å². The van der Waals surface area contributed by atoms with E-state index < -0.39 is 8.32 Å². The van der Waals surface area contributed by atoms with Crippen LogP contribution in [0.25, 0.3) is 0 Å². The zero-order valence-electron chi connectivity index (χ0n) is 11.7. The van der Waals surface area contributed by atoms with E-state index in [4.69, 9.17) is 9.16 Å². The van der Waals surface area contributed by atoms with Gasteiger partial charge in [-0.2, -0.15) is 0 Å². The third-order valence-electron chi connectivity index (χ3n) is 3.73. The molecule has 1 aliphatic rings. The first kappa shape index (κ1) is 14.7. The zero-order valence-corrected chi connectivity index (χ0v) is 12.7. The summed E-state index contributed by atoms with van der Waals surface area (Å²) in [6.45, 7) is 13.8. The molecule has 5 heteroatoms. The summed E-state index contributed by atoms with van der Waals surface area (Å²) in [5.74, 6) is 0.0955. The number of amides is 1. The van der Waals surface area contributed by atoms with Crippen LogP contribution in [-0.2, 0) is 14.0 Å². The van der Waals surface area contributed by atoms with Crippen molar-refractivity contribution < 1.29 is 14.0 Å². The second-order valence-electron chi connectivity index (χ2n) is 6.04. The lowest BCUT2D eigenvalue weighted by Gasteiger charge is -2.36. The molecule has 0 atom stereocenters. The van der Waals surface area contributed by atoms with Crippen LogP contribution in [0.1, 0.15) is 20.8 Å². The fourth-order valence-electron chi connectivity index (χ4n) is 1.36. The number of hydrogen-bond acceptors (Lipinski definition) is 3. The molecule has 0 unspecified atom stereocenters. The zero-order chi connectivity index (χ0) is 13.1. The summed E-state index contributed by atoms with van der Waals surface area (Å²) in [6.07, 6.45) is 0. The Labute approximate surface area is 105 Å². The number of rotatable bonds is 3. The first-order valence-electron chi connectivity index (χ1n) is 6.23. The Morgan fingerprint density at radius 2 is 1.82 bits per heavy atom. The lowest BCUT2D eigenvalue weighted by atomic mass is 10.2. The number of ether oxygens (including phenoxy) is 1. The van der Waals surface area contributed by atoms with Crippen molar-refractivity contribution in [3.8, 4) is 0 Å². The Balaban J connectivity index is 2.42. The number of carbonyl (C=O) groups is 1. The summed E-state index contributed by atoms with van der Waals surface area (Å²) in [5, 5.41) is 0.151. The maximum Gasteiger partial charge on any atom is 0.247 e. The number of nitrogens with zero attached hydrogens (tertiary/aromatic N) is 1. The molecule has 0 aromatic carbocycles. The van der Waals surface area contributed by atoms with E-state index in [9.17, 15) is 4.79 Å². The van der Waals surface area contributed by atoms with Crippen molar-refractivity contribution in [2.75, 3.05) is 32.9 Å². The van der Waals surface area contributed by atoms with E-state index in [0.717, 1.165) is 0 Å². The largest absolute Gasteiger partial charge is 0.408 e. The molecule has 0 radical (unpaired) electrons. The Kier molecular flexibility index (Phi) is 4.74. The van der Waals surface area contributed by atoms with Gasteiger partial charge in [-0.1, -0.05) is 20.8 Å². The molecule has 0 saturated carbocycles. The molecule has 0 aromatic rings. The minimum Gasteiger partial charge on any atom is -0.408 e.